The van der Waals surface area contributed by atoms with Gasteiger partial charge >= 0.3 is 7.60 Å². The van der Waals surface area contributed by atoms with Crippen LogP contribution in [0.1, 0.15) is 12.5 Å². The highest BCUT2D eigenvalue weighted by atomic mass is 32.2. The number of nitrogens with two attached hydrogens (primary N) is 2. The molecule has 0 saturated heterocycles. The number of benzene rings is 3. The summed E-state index contributed by atoms with van der Waals surface area (Å²) >= 11 is 0.931. The molecule has 14 nitrogen and oxygen atoms in total. The van der Waals surface area contributed by atoms with Gasteiger partial charge in [-0.15, -0.1) is 11.3 Å². The monoisotopic (exact) mass is 714 g/mol. The summed E-state index contributed by atoms with van der Waals surface area (Å²) in [6.45, 7) is 0.464. The fraction of sp³-hybridized carbons (Fsp3) is 0.194. The molecule has 0 saturated carbocycles. The summed E-state index contributed by atoms with van der Waals surface area (Å²) < 4.78 is 54.1. The molecule has 8 N–H and O–H groups in total. The third-order valence-corrected chi connectivity index (χ3v) is 11.4. The quantitative estimate of drug-likeness (QED) is 0.0565. The molecular formula is C31H35N6O8PS2. The molecule has 0 aliphatic rings. The maximum atomic E-state index is 14.8. The van der Waals surface area contributed by atoms with Crippen molar-refractivity contribution in [2.75, 3.05) is 6.61 Å². The van der Waals surface area contributed by atoms with E-state index in [-0.39, 0.29) is 28.1 Å². The van der Waals surface area contributed by atoms with Gasteiger partial charge in [0.15, 0.2) is 11.7 Å². The van der Waals surface area contributed by atoms with Gasteiger partial charge in [0.1, 0.15) is 27.8 Å². The SMILES string of the molecule is C[C@H](NC(=O)[C@@H](CO)NS(=O)(=O)c1cccs1)C(=O)NC(Cc1ccc(N=C(N)N)cc1)P(=O)(Oc1ccccc1)Oc1ccccc1. The molecule has 0 aliphatic heterocycles. The molecule has 4 rings (SSSR count). The van der Waals surface area contributed by atoms with Gasteiger partial charge in [-0.2, -0.15) is 4.72 Å². The Morgan fingerprint density at radius 3 is 1.96 bits per heavy atom. The number of carbonyl (C=O) groups excluding carboxylic acids is 2. The zero-order chi connectivity index (χ0) is 34.7. The second-order valence-electron chi connectivity index (χ2n) is 10.3. The van der Waals surface area contributed by atoms with E-state index < -0.39 is 53.9 Å². The van der Waals surface area contributed by atoms with Crippen LogP contribution in [-0.4, -0.2) is 55.8 Å². The van der Waals surface area contributed by atoms with Crippen LogP contribution >= 0.6 is 18.9 Å². The molecule has 17 heteroatoms. The summed E-state index contributed by atoms with van der Waals surface area (Å²) in [5.41, 5.74) is 12.0. The highest BCUT2D eigenvalue weighted by molar-refractivity contribution is 7.91. The first-order valence-electron chi connectivity index (χ1n) is 14.4. The molecule has 0 spiro atoms. The van der Waals surface area contributed by atoms with E-state index in [4.69, 9.17) is 20.5 Å². The number of aliphatic hydroxyl groups excluding tert-OH is 1. The number of thiophene rings is 1. The largest absolute Gasteiger partial charge is 0.453 e. The summed E-state index contributed by atoms with van der Waals surface area (Å²) in [7, 11) is -8.44. The number of amides is 2. The number of hydrogen-bond donors (Lipinski definition) is 6. The standard InChI is InChI=1S/C31H35N6O8PS2/c1-21(34-30(40)26(20-38)37-48(42,43)28-13-8-18-47-28)29(39)36-27(19-22-14-16-23(17-15-22)35-31(32)33)46(41,44-24-9-4-2-5-10-24)45-25-11-6-3-7-12-25/h2-18,21,26-27,37-38H,19-20H2,1H3,(H,34,40)(H,36,39)(H4,32,33,35)/t21-,26+,27?/m0/s1. The summed E-state index contributed by atoms with van der Waals surface area (Å²) in [4.78, 5) is 30.6. The van der Waals surface area contributed by atoms with E-state index >= 15 is 0 Å². The minimum Gasteiger partial charge on any atom is -0.415 e. The second kappa shape index (κ2) is 16.4. The van der Waals surface area contributed by atoms with Gasteiger partial charge in [0.05, 0.1) is 12.3 Å². The molecule has 48 heavy (non-hydrogen) atoms. The Kier molecular flexibility index (Phi) is 12.3. The number of nitrogens with zero attached hydrogens (tertiary/aromatic N) is 1. The molecule has 0 bridgehead atoms. The number of sulfonamides is 1. The van der Waals surface area contributed by atoms with Crippen LogP contribution < -0.4 is 35.9 Å². The lowest BCUT2D eigenvalue weighted by atomic mass is 10.1. The molecule has 3 atom stereocenters. The van der Waals surface area contributed by atoms with Crippen molar-refractivity contribution in [1.29, 1.82) is 0 Å². The molecule has 4 aromatic rings. The van der Waals surface area contributed by atoms with Crippen molar-refractivity contribution in [3.8, 4) is 11.5 Å². The van der Waals surface area contributed by atoms with Gasteiger partial charge in [-0.1, -0.05) is 54.6 Å². The van der Waals surface area contributed by atoms with Crippen LogP contribution in [0.15, 0.2) is 112 Å². The first-order chi connectivity index (χ1) is 22.9. The van der Waals surface area contributed by atoms with Crippen LogP contribution in [0.25, 0.3) is 0 Å². The van der Waals surface area contributed by atoms with Gasteiger partial charge < -0.3 is 36.3 Å². The molecule has 0 aliphatic carbocycles. The molecule has 1 aromatic heterocycles. The number of carbonyl (C=O) groups is 2. The van der Waals surface area contributed by atoms with Gasteiger partial charge in [-0.05, 0) is 60.3 Å². The minimum atomic E-state index is -4.32. The predicted octanol–water partition coefficient (Wildman–Crippen LogP) is 2.83. The van der Waals surface area contributed by atoms with Gasteiger partial charge in [0, 0.05) is 6.42 Å². The Labute approximate surface area is 281 Å². The summed E-state index contributed by atoms with van der Waals surface area (Å²) in [6.07, 6.45) is -0.0642. The summed E-state index contributed by atoms with van der Waals surface area (Å²) in [6, 6.07) is 23.1. The van der Waals surface area contributed by atoms with Crippen molar-refractivity contribution in [1.82, 2.24) is 15.4 Å². The van der Waals surface area contributed by atoms with Gasteiger partial charge in [-0.3, -0.25) is 9.59 Å². The zero-order valence-corrected chi connectivity index (χ0v) is 28.2. The number of hydrogen-bond acceptors (Lipinski definition) is 10. The van der Waals surface area contributed by atoms with Crippen LogP contribution in [0.2, 0.25) is 0 Å². The lowest BCUT2D eigenvalue weighted by molar-refractivity contribution is -0.130. The zero-order valence-electron chi connectivity index (χ0n) is 25.6. The lowest BCUT2D eigenvalue weighted by Crippen LogP contribution is -2.55. The molecule has 0 radical (unpaired) electrons. The molecular weight excluding hydrogens is 679 g/mol. The van der Waals surface area contributed by atoms with E-state index in [9.17, 15) is 27.7 Å². The normalized spacial score (nSPS) is 13.4. The van der Waals surface area contributed by atoms with E-state index in [0.29, 0.717) is 11.3 Å². The van der Waals surface area contributed by atoms with Crippen molar-refractivity contribution >= 4 is 52.4 Å². The van der Waals surface area contributed by atoms with Crippen LogP contribution in [-0.2, 0) is 30.6 Å². The van der Waals surface area contributed by atoms with Gasteiger partial charge in [0.25, 0.3) is 10.0 Å². The van der Waals surface area contributed by atoms with Crippen molar-refractivity contribution in [2.45, 2.75) is 35.4 Å². The topological polar surface area (TPSA) is 225 Å². The average Bonchev–Trinajstić information content (AvgIpc) is 3.61. The molecule has 0 fully saturated rings. The molecule has 2 amide bonds. The predicted molar refractivity (Wildman–Crippen MR) is 182 cm³/mol. The highest BCUT2D eigenvalue weighted by Gasteiger charge is 2.42. The number of guanidine groups is 1. The third-order valence-electron chi connectivity index (χ3n) is 6.57. The minimum absolute atomic E-state index is 0.0544. The fourth-order valence-corrected chi connectivity index (χ4v) is 8.27. The number of para-hydroxylation sites is 2. The fourth-order valence-electron chi connectivity index (χ4n) is 4.23. The smallest absolute Gasteiger partial charge is 0.415 e. The lowest BCUT2D eigenvalue weighted by Gasteiger charge is -2.29. The molecule has 1 unspecified atom stereocenters. The van der Waals surface area contributed by atoms with Crippen molar-refractivity contribution in [3.63, 3.8) is 0 Å². The van der Waals surface area contributed by atoms with E-state index in [1.807, 2.05) is 0 Å². The Bertz CT molecular complexity index is 1800. The number of aliphatic hydroxyl groups is 1. The second-order valence-corrected chi connectivity index (χ2v) is 15.3. The van der Waals surface area contributed by atoms with Crippen molar-refractivity contribution in [3.05, 3.63) is 108 Å². The van der Waals surface area contributed by atoms with Crippen molar-refractivity contribution in [2.24, 2.45) is 16.5 Å². The summed E-state index contributed by atoms with van der Waals surface area (Å²) in [5.74, 6) is -2.78. The van der Waals surface area contributed by atoms with Gasteiger partial charge in [0.2, 0.25) is 11.8 Å². The van der Waals surface area contributed by atoms with E-state index in [2.05, 4.69) is 20.3 Å². The maximum absolute atomic E-state index is 14.8. The summed E-state index contributed by atoms with van der Waals surface area (Å²) in [5, 5.41) is 16.4. The molecule has 3 aromatic carbocycles. The first kappa shape index (κ1) is 36.1. The Hall–Kier alpha value is -4.73. The van der Waals surface area contributed by atoms with E-state index in [0.717, 1.165) is 11.3 Å². The van der Waals surface area contributed by atoms with E-state index in [1.165, 1.54) is 19.1 Å². The van der Waals surface area contributed by atoms with Crippen LogP contribution in [0.3, 0.4) is 0 Å². The third kappa shape index (κ3) is 10.1. The van der Waals surface area contributed by atoms with Crippen LogP contribution in [0, 0.1) is 0 Å². The number of aliphatic imine (C=N–C) groups is 1. The Morgan fingerprint density at radius 2 is 1.46 bits per heavy atom. The Morgan fingerprint density at radius 1 is 0.875 bits per heavy atom. The highest BCUT2D eigenvalue weighted by Crippen LogP contribution is 2.53. The molecule has 254 valence electrons. The number of nitrogens with one attached hydrogen (secondary N) is 3. The maximum Gasteiger partial charge on any atom is 0.453 e. The average molecular weight is 715 g/mol. The number of rotatable bonds is 16. The van der Waals surface area contributed by atoms with Crippen molar-refractivity contribution < 1.29 is 36.7 Å². The van der Waals surface area contributed by atoms with Gasteiger partial charge in [-0.25, -0.2) is 18.0 Å². The van der Waals surface area contributed by atoms with Crippen LogP contribution in [0.4, 0.5) is 5.69 Å². The Balaban J connectivity index is 1.61. The van der Waals surface area contributed by atoms with Crippen LogP contribution in [0.5, 0.6) is 11.5 Å². The molecule has 1 heterocycles. The first-order valence-corrected chi connectivity index (χ1v) is 18.4. The van der Waals surface area contributed by atoms with E-state index in [1.54, 1.807) is 90.3 Å².